The molecule has 1 rings (SSSR count). The molecule has 1 atom stereocenters. The molecule has 0 aromatic carbocycles. The Morgan fingerprint density at radius 2 is 2.40 bits per heavy atom. The van der Waals surface area contributed by atoms with E-state index in [1.165, 1.54) is 0 Å². The van der Waals surface area contributed by atoms with E-state index in [4.69, 9.17) is 16.7 Å². The number of aliphatic hydroxyl groups excluding tert-OH is 1. The molecule has 84 valence electrons. The Morgan fingerprint density at radius 1 is 1.67 bits per heavy atom. The van der Waals surface area contributed by atoms with Gasteiger partial charge in [0, 0.05) is 6.54 Å². The fourth-order valence-electron chi connectivity index (χ4n) is 1.07. The third kappa shape index (κ3) is 4.40. The first-order chi connectivity index (χ1) is 7.09. The molecule has 0 saturated carbocycles. The highest BCUT2D eigenvalue weighted by Crippen LogP contribution is 2.11. The Hall–Kier alpha value is -0.940. The van der Waals surface area contributed by atoms with Crippen LogP contribution in [-0.4, -0.2) is 27.7 Å². The molecule has 0 radical (unpaired) electrons. The molecule has 2 N–H and O–H groups in total. The van der Waals surface area contributed by atoms with E-state index in [-0.39, 0.29) is 17.2 Å². The van der Waals surface area contributed by atoms with Gasteiger partial charge in [-0.1, -0.05) is 0 Å². The van der Waals surface area contributed by atoms with E-state index < -0.39 is 5.82 Å². The Bertz CT molecular complexity index is 322. The summed E-state index contributed by atoms with van der Waals surface area (Å²) in [5, 5.41) is 11.8. The second-order valence-corrected chi connectivity index (χ2v) is 3.59. The zero-order valence-corrected chi connectivity index (χ0v) is 9.13. The number of aromatic nitrogens is 2. The molecule has 0 aliphatic heterocycles. The maximum atomic E-state index is 13.1. The van der Waals surface area contributed by atoms with Gasteiger partial charge in [-0.25, -0.2) is 9.37 Å². The third-order valence-electron chi connectivity index (χ3n) is 1.81. The number of nitrogens with zero attached hydrogens (tertiary/aromatic N) is 2. The van der Waals surface area contributed by atoms with Crippen molar-refractivity contribution < 1.29 is 9.50 Å². The first-order valence-electron chi connectivity index (χ1n) is 4.69. The molecule has 0 fully saturated rings. The van der Waals surface area contributed by atoms with Gasteiger partial charge in [-0.15, -0.1) is 0 Å². The molecule has 0 bridgehead atoms. The van der Waals surface area contributed by atoms with E-state index in [9.17, 15) is 4.39 Å². The van der Waals surface area contributed by atoms with Crippen molar-refractivity contribution in [2.75, 3.05) is 11.9 Å². The minimum absolute atomic E-state index is 0.00873. The zero-order valence-electron chi connectivity index (χ0n) is 8.37. The van der Waals surface area contributed by atoms with Gasteiger partial charge >= 0.3 is 0 Å². The largest absolute Gasteiger partial charge is 0.393 e. The van der Waals surface area contributed by atoms with E-state index in [1.54, 1.807) is 6.92 Å². The molecular formula is C9H13ClFN3O. The maximum Gasteiger partial charge on any atom is 0.224 e. The summed E-state index contributed by atoms with van der Waals surface area (Å²) in [4.78, 5) is 7.19. The molecule has 0 aliphatic rings. The van der Waals surface area contributed by atoms with Crippen LogP contribution >= 0.6 is 11.6 Å². The van der Waals surface area contributed by atoms with Crippen LogP contribution in [0, 0.1) is 5.82 Å². The molecule has 4 nitrogen and oxygen atoms in total. The zero-order chi connectivity index (χ0) is 11.3. The van der Waals surface area contributed by atoms with E-state index in [2.05, 4.69) is 15.3 Å². The second kappa shape index (κ2) is 5.82. The van der Waals surface area contributed by atoms with Crippen molar-refractivity contribution in [3.63, 3.8) is 0 Å². The van der Waals surface area contributed by atoms with E-state index >= 15 is 0 Å². The summed E-state index contributed by atoms with van der Waals surface area (Å²) in [5.74, 6) is -0.433. The summed E-state index contributed by atoms with van der Waals surface area (Å²) >= 11 is 5.51. The number of anilines is 1. The first kappa shape index (κ1) is 12.1. The summed E-state index contributed by atoms with van der Waals surface area (Å²) in [7, 11) is 0. The maximum absolute atomic E-state index is 13.1. The van der Waals surface area contributed by atoms with Gasteiger partial charge in [0.2, 0.25) is 5.28 Å². The van der Waals surface area contributed by atoms with Gasteiger partial charge in [-0.05, 0) is 31.4 Å². The lowest BCUT2D eigenvalue weighted by molar-refractivity contribution is 0.183. The molecule has 15 heavy (non-hydrogen) atoms. The number of halogens is 2. The molecule has 1 aromatic heterocycles. The van der Waals surface area contributed by atoms with Crippen molar-refractivity contribution in [2.24, 2.45) is 0 Å². The lowest BCUT2D eigenvalue weighted by atomic mass is 10.2. The van der Waals surface area contributed by atoms with Crippen LogP contribution in [0.3, 0.4) is 0 Å². The molecular weight excluding hydrogens is 221 g/mol. The van der Waals surface area contributed by atoms with Gasteiger partial charge in [0.25, 0.3) is 0 Å². The topological polar surface area (TPSA) is 58.0 Å². The monoisotopic (exact) mass is 233 g/mol. The lowest BCUT2D eigenvalue weighted by Gasteiger charge is -2.07. The Kier molecular flexibility index (Phi) is 4.71. The van der Waals surface area contributed by atoms with Crippen molar-refractivity contribution >= 4 is 17.4 Å². The third-order valence-corrected chi connectivity index (χ3v) is 1.99. The lowest BCUT2D eigenvalue weighted by Crippen LogP contribution is -2.09. The first-order valence-corrected chi connectivity index (χ1v) is 5.07. The fraction of sp³-hybridized carbons (Fsp3) is 0.556. The summed E-state index contributed by atoms with van der Waals surface area (Å²) in [6.45, 7) is 2.25. The Morgan fingerprint density at radius 3 is 3.07 bits per heavy atom. The van der Waals surface area contributed by atoms with E-state index in [0.717, 1.165) is 12.6 Å². The predicted octanol–water partition coefficient (Wildman–Crippen LogP) is 1.84. The summed E-state index contributed by atoms with van der Waals surface area (Å²) in [5.41, 5.74) is 0. The molecule has 1 heterocycles. The molecule has 1 unspecified atom stereocenters. The summed E-state index contributed by atoms with van der Waals surface area (Å²) < 4.78 is 13.1. The standard InChI is InChI=1S/C9H13ClFN3O/c1-6(15)3-2-4-12-8-7(11)5-13-9(10)14-8/h5-6,15H,2-4H2,1H3,(H,12,13,14). The van der Waals surface area contributed by atoms with Gasteiger partial charge in [0.15, 0.2) is 11.6 Å². The Balaban J connectivity index is 2.40. The van der Waals surface area contributed by atoms with Crippen LogP contribution in [0.25, 0.3) is 0 Å². The van der Waals surface area contributed by atoms with Crippen LogP contribution < -0.4 is 5.32 Å². The summed E-state index contributed by atoms with van der Waals surface area (Å²) in [6, 6.07) is 0. The number of aliphatic hydroxyl groups is 1. The van der Waals surface area contributed by atoms with Gasteiger partial charge in [0.1, 0.15) is 0 Å². The van der Waals surface area contributed by atoms with Gasteiger partial charge < -0.3 is 10.4 Å². The van der Waals surface area contributed by atoms with Crippen LogP contribution in [0.2, 0.25) is 5.28 Å². The quantitative estimate of drug-likeness (QED) is 0.602. The molecule has 6 heteroatoms. The van der Waals surface area contributed by atoms with Crippen molar-refractivity contribution in [1.29, 1.82) is 0 Å². The minimum Gasteiger partial charge on any atom is -0.393 e. The normalized spacial score (nSPS) is 12.5. The van der Waals surface area contributed by atoms with Crippen molar-refractivity contribution in [1.82, 2.24) is 9.97 Å². The molecule has 1 aromatic rings. The number of nitrogens with one attached hydrogen (secondary N) is 1. The smallest absolute Gasteiger partial charge is 0.224 e. The highest BCUT2D eigenvalue weighted by molar-refractivity contribution is 6.28. The van der Waals surface area contributed by atoms with Crippen LogP contribution in [0.4, 0.5) is 10.2 Å². The van der Waals surface area contributed by atoms with Crippen LogP contribution in [-0.2, 0) is 0 Å². The van der Waals surface area contributed by atoms with Gasteiger partial charge in [-0.3, -0.25) is 0 Å². The van der Waals surface area contributed by atoms with E-state index in [1.807, 2.05) is 0 Å². The highest BCUT2D eigenvalue weighted by atomic mass is 35.5. The van der Waals surface area contributed by atoms with Gasteiger partial charge in [0.05, 0.1) is 12.3 Å². The average molecular weight is 234 g/mol. The molecule has 0 spiro atoms. The van der Waals surface area contributed by atoms with Gasteiger partial charge in [-0.2, -0.15) is 4.98 Å². The molecule has 0 amide bonds. The van der Waals surface area contributed by atoms with E-state index in [0.29, 0.717) is 13.0 Å². The second-order valence-electron chi connectivity index (χ2n) is 3.25. The SMILES string of the molecule is CC(O)CCCNc1nc(Cl)ncc1F. The van der Waals surface area contributed by atoms with Crippen LogP contribution in [0.15, 0.2) is 6.20 Å². The predicted molar refractivity (Wildman–Crippen MR) is 56.4 cm³/mol. The number of rotatable bonds is 5. The van der Waals surface area contributed by atoms with Crippen molar-refractivity contribution in [3.8, 4) is 0 Å². The molecule has 0 aliphatic carbocycles. The van der Waals surface area contributed by atoms with Crippen molar-refractivity contribution in [3.05, 3.63) is 17.3 Å². The fourth-order valence-corrected chi connectivity index (χ4v) is 1.21. The Labute approximate surface area is 92.5 Å². The minimum atomic E-state index is -0.531. The average Bonchev–Trinajstić information content (AvgIpc) is 2.17. The highest BCUT2D eigenvalue weighted by Gasteiger charge is 2.04. The van der Waals surface area contributed by atoms with Crippen LogP contribution in [0.5, 0.6) is 0 Å². The number of hydrogen-bond donors (Lipinski definition) is 2. The molecule has 0 saturated heterocycles. The van der Waals surface area contributed by atoms with Crippen molar-refractivity contribution in [2.45, 2.75) is 25.9 Å². The number of hydrogen-bond acceptors (Lipinski definition) is 4. The van der Waals surface area contributed by atoms with Crippen LogP contribution in [0.1, 0.15) is 19.8 Å². The summed E-state index contributed by atoms with van der Waals surface area (Å²) in [6.07, 6.45) is 2.07.